The van der Waals surface area contributed by atoms with Crippen LogP contribution in [0.15, 0.2) is 36.0 Å². The van der Waals surface area contributed by atoms with Gasteiger partial charge in [0.05, 0.1) is 10.7 Å². The number of nitrogens with one attached hydrogen (secondary N) is 1. The number of pyridine rings is 1. The number of hydrogen-bond donors (Lipinski definition) is 1. The number of nitrogens with zero attached hydrogens (tertiary/aromatic N) is 2. The molecule has 0 aliphatic rings. The molecule has 3 nitrogen and oxygen atoms in total. The normalized spacial score (nSPS) is 10.4. The molecule has 0 aliphatic carbocycles. The van der Waals surface area contributed by atoms with Crippen molar-refractivity contribution in [3.8, 4) is 0 Å². The maximum absolute atomic E-state index is 4.24. The van der Waals surface area contributed by atoms with Gasteiger partial charge in [0.2, 0.25) is 0 Å². The van der Waals surface area contributed by atoms with Gasteiger partial charge in [0.25, 0.3) is 0 Å². The van der Waals surface area contributed by atoms with E-state index in [-0.39, 0.29) is 0 Å². The van der Waals surface area contributed by atoms with Gasteiger partial charge in [-0.1, -0.05) is 6.07 Å². The lowest BCUT2D eigenvalue weighted by atomic mass is 10.3. The second kappa shape index (κ2) is 5.58. The molecule has 78 valence electrons. The number of thiazole rings is 1. The molecule has 2 aromatic heterocycles. The minimum Gasteiger partial charge on any atom is -0.311 e. The molecule has 0 saturated heterocycles. The molecule has 15 heavy (non-hydrogen) atoms. The van der Waals surface area contributed by atoms with Gasteiger partial charge in [0, 0.05) is 37.3 Å². The van der Waals surface area contributed by atoms with Crippen molar-refractivity contribution < 1.29 is 0 Å². The van der Waals surface area contributed by atoms with Gasteiger partial charge in [-0.3, -0.25) is 4.98 Å². The van der Waals surface area contributed by atoms with Crippen LogP contribution in [0.4, 0.5) is 0 Å². The first-order chi connectivity index (χ1) is 7.45. The van der Waals surface area contributed by atoms with Crippen molar-refractivity contribution in [2.75, 3.05) is 6.54 Å². The summed E-state index contributed by atoms with van der Waals surface area (Å²) in [6.07, 6.45) is 4.65. The Labute approximate surface area is 93.2 Å². The highest BCUT2D eigenvalue weighted by Crippen LogP contribution is 2.03. The molecule has 2 aromatic rings. The second-order valence-corrected chi connectivity index (χ2v) is 4.15. The van der Waals surface area contributed by atoms with Crippen molar-refractivity contribution in [2.24, 2.45) is 0 Å². The van der Waals surface area contributed by atoms with E-state index in [4.69, 9.17) is 0 Å². The van der Waals surface area contributed by atoms with Gasteiger partial charge in [-0.05, 0) is 12.1 Å². The Morgan fingerprint density at radius 2 is 2.20 bits per heavy atom. The van der Waals surface area contributed by atoms with Crippen LogP contribution in [0, 0.1) is 0 Å². The Morgan fingerprint density at radius 3 is 2.93 bits per heavy atom. The summed E-state index contributed by atoms with van der Waals surface area (Å²) in [6, 6.07) is 5.96. The topological polar surface area (TPSA) is 37.8 Å². The fourth-order valence-corrected chi connectivity index (χ4v) is 1.91. The summed E-state index contributed by atoms with van der Waals surface area (Å²) in [6.45, 7) is 1.77. The van der Waals surface area contributed by atoms with Crippen molar-refractivity contribution in [3.63, 3.8) is 0 Å². The maximum Gasteiger partial charge on any atom is 0.0937 e. The average Bonchev–Trinajstić information content (AvgIpc) is 2.79. The van der Waals surface area contributed by atoms with Crippen LogP contribution < -0.4 is 5.32 Å². The minimum atomic E-state index is 0.826. The van der Waals surface area contributed by atoms with Crippen LogP contribution in [0.5, 0.6) is 0 Å². The zero-order valence-corrected chi connectivity index (χ0v) is 9.20. The molecule has 0 aromatic carbocycles. The van der Waals surface area contributed by atoms with Crippen LogP contribution >= 0.6 is 11.3 Å². The first kappa shape index (κ1) is 10.3. The Hall–Kier alpha value is -1.26. The highest BCUT2D eigenvalue weighted by Gasteiger charge is 1.95. The molecule has 1 N–H and O–H groups in total. The molecule has 0 aliphatic heterocycles. The lowest BCUT2D eigenvalue weighted by Crippen LogP contribution is -2.17. The average molecular weight is 219 g/mol. The van der Waals surface area contributed by atoms with Crippen LogP contribution in [-0.4, -0.2) is 16.5 Å². The summed E-state index contributed by atoms with van der Waals surface area (Å²) < 4.78 is 0. The fraction of sp³-hybridized carbons (Fsp3) is 0.273. The van der Waals surface area contributed by atoms with E-state index in [0.717, 1.165) is 25.2 Å². The Bertz CT molecular complexity index is 372. The van der Waals surface area contributed by atoms with Gasteiger partial charge in [-0.15, -0.1) is 11.3 Å². The van der Waals surface area contributed by atoms with E-state index in [0.29, 0.717) is 0 Å². The first-order valence-electron chi connectivity index (χ1n) is 4.94. The van der Waals surface area contributed by atoms with Gasteiger partial charge in [0.15, 0.2) is 0 Å². The summed E-state index contributed by atoms with van der Waals surface area (Å²) in [5.74, 6) is 0. The van der Waals surface area contributed by atoms with Gasteiger partial charge in [-0.2, -0.15) is 0 Å². The van der Waals surface area contributed by atoms with E-state index in [1.54, 1.807) is 11.3 Å². The van der Waals surface area contributed by atoms with Crippen molar-refractivity contribution in [2.45, 2.75) is 13.0 Å². The van der Waals surface area contributed by atoms with E-state index in [1.165, 1.54) is 5.01 Å². The van der Waals surface area contributed by atoms with Crippen LogP contribution in [-0.2, 0) is 13.0 Å². The van der Waals surface area contributed by atoms with Crippen LogP contribution in [0.1, 0.15) is 10.7 Å². The number of rotatable bonds is 5. The maximum atomic E-state index is 4.24. The largest absolute Gasteiger partial charge is 0.311 e. The molecule has 0 saturated carbocycles. The molecule has 2 heterocycles. The standard InChI is InChI=1S/C11H13N3S/c1-2-5-13-10(3-1)9-12-6-4-11-14-7-8-15-11/h1-3,5,7-8,12H,4,6,9H2. The molecular formula is C11H13N3S. The van der Waals surface area contributed by atoms with Crippen molar-refractivity contribution in [3.05, 3.63) is 46.7 Å². The van der Waals surface area contributed by atoms with E-state index in [9.17, 15) is 0 Å². The van der Waals surface area contributed by atoms with Crippen molar-refractivity contribution in [1.82, 2.24) is 15.3 Å². The Balaban J connectivity index is 1.68. The number of aromatic nitrogens is 2. The summed E-state index contributed by atoms with van der Waals surface area (Å²) in [5, 5.41) is 6.54. The van der Waals surface area contributed by atoms with Gasteiger partial charge in [-0.25, -0.2) is 4.98 Å². The van der Waals surface area contributed by atoms with Crippen molar-refractivity contribution >= 4 is 11.3 Å². The highest BCUT2D eigenvalue weighted by molar-refractivity contribution is 7.09. The zero-order chi connectivity index (χ0) is 10.3. The van der Waals surface area contributed by atoms with E-state index < -0.39 is 0 Å². The Kier molecular flexibility index (Phi) is 3.82. The quantitative estimate of drug-likeness (QED) is 0.780. The first-order valence-corrected chi connectivity index (χ1v) is 5.82. The van der Waals surface area contributed by atoms with Crippen LogP contribution in [0.25, 0.3) is 0 Å². The number of hydrogen-bond acceptors (Lipinski definition) is 4. The Morgan fingerprint density at radius 1 is 1.20 bits per heavy atom. The molecule has 0 radical (unpaired) electrons. The van der Waals surface area contributed by atoms with Gasteiger partial charge >= 0.3 is 0 Å². The monoisotopic (exact) mass is 219 g/mol. The summed E-state index contributed by atoms with van der Waals surface area (Å²) in [7, 11) is 0. The molecule has 0 amide bonds. The SMILES string of the molecule is c1ccc(CNCCc2nccs2)nc1. The lowest BCUT2D eigenvalue weighted by molar-refractivity contribution is 0.673. The summed E-state index contributed by atoms with van der Waals surface area (Å²) in [4.78, 5) is 8.46. The lowest BCUT2D eigenvalue weighted by Gasteiger charge is -2.02. The predicted octanol–water partition coefficient (Wildman–Crippen LogP) is 1.87. The third-order valence-corrected chi connectivity index (χ3v) is 2.87. The zero-order valence-electron chi connectivity index (χ0n) is 8.39. The smallest absolute Gasteiger partial charge is 0.0937 e. The second-order valence-electron chi connectivity index (χ2n) is 3.17. The van der Waals surface area contributed by atoms with E-state index >= 15 is 0 Å². The molecule has 4 heteroatoms. The molecule has 0 bridgehead atoms. The molecule has 0 atom stereocenters. The molecule has 0 fully saturated rings. The van der Waals surface area contributed by atoms with Crippen LogP contribution in [0.3, 0.4) is 0 Å². The molecule has 0 spiro atoms. The van der Waals surface area contributed by atoms with Crippen molar-refractivity contribution in [1.29, 1.82) is 0 Å². The van der Waals surface area contributed by atoms with Crippen LogP contribution in [0.2, 0.25) is 0 Å². The fourth-order valence-electron chi connectivity index (χ4n) is 1.29. The summed E-state index contributed by atoms with van der Waals surface area (Å²) in [5.41, 5.74) is 1.08. The summed E-state index contributed by atoms with van der Waals surface area (Å²) >= 11 is 1.70. The molecular weight excluding hydrogens is 206 g/mol. The minimum absolute atomic E-state index is 0.826. The molecule has 0 unspecified atom stereocenters. The third kappa shape index (κ3) is 3.42. The van der Waals surface area contributed by atoms with E-state index in [2.05, 4.69) is 15.3 Å². The van der Waals surface area contributed by atoms with E-state index in [1.807, 2.05) is 36.0 Å². The van der Waals surface area contributed by atoms with Gasteiger partial charge < -0.3 is 5.32 Å². The predicted molar refractivity (Wildman–Crippen MR) is 61.8 cm³/mol. The molecule has 2 rings (SSSR count). The van der Waals surface area contributed by atoms with Gasteiger partial charge in [0.1, 0.15) is 0 Å². The third-order valence-electron chi connectivity index (χ3n) is 2.03. The highest BCUT2D eigenvalue weighted by atomic mass is 32.1.